The molecule has 0 aromatic heterocycles. The normalized spacial score (nSPS) is 21.8. The summed E-state index contributed by atoms with van der Waals surface area (Å²) in [4.78, 5) is 14.3. The maximum Gasteiger partial charge on any atom is 0.224 e. The number of nitrogens with zero attached hydrogens (tertiary/aromatic N) is 1. The van der Waals surface area contributed by atoms with Gasteiger partial charge >= 0.3 is 0 Å². The highest BCUT2D eigenvalue weighted by Gasteiger charge is 2.23. The smallest absolute Gasteiger partial charge is 0.224 e. The summed E-state index contributed by atoms with van der Waals surface area (Å²) < 4.78 is 0. The summed E-state index contributed by atoms with van der Waals surface area (Å²) in [6, 6.07) is 8.34. The first-order valence-electron chi connectivity index (χ1n) is 6.88. The Balaban J connectivity index is 0.00000200. The van der Waals surface area contributed by atoms with Crippen LogP contribution in [0.1, 0.15) is 25.3 Å². The number of rotatable bonds is 3. The zero-order chi connectivity index (χ0) is 13.8. The highest BCUT2D eigenvalue weighted by Crippen LogP contribution is 2.15. The van der Waals surface area contributed by atoms with Crippen molar-refractivity contribution in [1.82, 2.24) is 10.2 Å². The Morgan fingerprint density at radius 1 is 1.33 bits per heavy atom. The second-order valence-corrected chi connectivity index (χ2v) is 5.54. The minimum atomic E-state index is 0. The SMILES string of the molecule is CC1CC(NC(=O)Cc2ccc(N)cc2)CCN1C.Cl.Cl. The van der Waals surface area contributed by atoms with Crippen LogP contribution in [0.4, 0.5) is 5.69 Å². The predicted octanol–water partition coefficient (Wildman–Crippen LogP) is 2.25. The number of nitrogen functional groups attached to an aromatic ring is 1. The van der Waals surface area contributed by atoms with Crippen LogP contribution in [-0.4, -0.2) is 36.5 Å². The van der Waals surface area contributed by atoms with E-state index >= 15 is 0 Å². The molecule has 1 aromatic carbocycles. The van der Waals surface area contributed by atoms with Gasteiger partial charge < -0.3 is 16.0 Å². The first-order valence-corrected chi connectivity index (χ1v) is 6.88. The van der Waals surface area contributed by atoms with Gasteiger partial charge in [0.15, 0.2) is 0 Å². The van der Waals surface area contributed by atoms with E-state index in [0.29, 0.717) is 18.5 Å². The van der Waals surface area contributed by atoms with Crippen LogP contribution in [0.15, 0.2) is 24.3 Å². The lowest BCUT2D eigenvalue weighted by atomic mass is 9.98. The molecule has 0 bridgehead atoms. The van der Waals surface area contributed by atoms with Gasteiger partial charge in [0.05, 0.1) is 6.42 Å². The van der Waals surface area contributed by atoms with E-state index in [9.17, 15) is 4.79 Å². The average Bonchev–Trinajstić information content (AvgIpc) is 2.37. The van der Waals surface area contributed by atoms with Gasteiger partial charge in [-0.15, -0.1) is 24.8 Å². The highest BCUT2D eigenvalue weighted by atomic mass is 35.5. The predicted molar refractivity (Wildman–Crippen MR) is 92.3 cm³/mol. The van der Waals surface area contributed by atoms with E-state index in [-0.39, 0.29) is 30.7 Å². The second kappa shape index (κ2) is 9.13. The Bertz CT molecular complexity index is 439. The molecule has 1 aliphatic heterocycles. The zero-order valence-electron chi connectivity index (χ0n) is 12.5. The molecule has 1 aliphatic rings. The number of nitrogens with two attached hydrogens (primary N) is 1. The number of amides is 1. The summed E-state index contributed by atoms with van der Waals surface area (Å²) in [5.74, 6) is 0.103. The largest absolute Gasteiger partial charge is 0.399 e. The maximum absolute atomic E-state index is 12.0. The third-order valence-electron chi connectivity index (χ3n) is 3.92. The van der Waals surface area contributed by atoms with Crippen LogP contribution in [0.5, 0.6) is 0 Å². The van der Waals surface area contributed by atoms with Crippen molar-refractivity contribution in [3.8, 4) is 0 Å². The van der Waals surface area contributed by atoms with Gasteiger partial charge in [0.2, 0.25) is 5.91 Å². The zero-order valence-corrected chi connectivity index (χ0v) is 14.2. The van der Waals surface area contributed by atoms with Gasteiger partial charge in [0.1, 0.15) is 0 Å². The molecular weight excluding hydrogens is 309 g/mol. The summed E-state index contributed by atoms with van der Waals surface area (Å²) in [5.41, 5.74) is 7.37. The Hall–Kier alpha value is -0.970. The Kier molecular flexibility index (Phi) is 8.71. The molecule has 6 heteroatoms. The van der Waals surface area contributed by atoms with Crippen molar-refractivity contribution in [2.45, 2.75) is 38.3 Å². The molecule has 0 saturated carbocycles. The van der Waals surface area contributed by atoms with Crippen molar-refractivity contribution in [1.29, 1.82) is 0 Å². The molecule has 2 unspecified atom stereocenters. The number of anilines is 1. The van der Waals surface area contributed by atoms with E-state index in [1.807, 2.05) is 24.3 Å². The molecule has 0 radical (unpaired) electrons. The van der Waals surface area contributed by atoms with Gasteiger partial charge in [0, 0.05) is 24.3 Å². The third kappa shape index (κ3) is 6.12. The fraction of sp³-hybridized carbons (Fsp3) is 0.533. The minimum Gasteiger partial charge on any atom is -0.399 e. The Morgan fingerprint density at radius 2 is 1.95 bits per heavy atom. The molecule has 1 aromatic rings. The molecule has 4 nitrogen and oxygen atoms in total. The topological polar surface area (TPSA) is 58.4 Å². The summed E-state index contributed by atoms with van der Waals surface area (Å²) in [7, 11) is 2.14. The molecular formula is C15H25Cl2N3O. The van der Waals surface area contributed by atoms with Crippen LogP contribution >= 0.6 is 24.8 Å². The molecule has 0 aliphatic carbocycles. The molecule has 1 amide bonds. The first-order chi connectivity index (χ1) is 9.04. The molecule has 0 spiro atoms. The number of nitrogens with one attached hydrogen (secondary N) is 1. The molecule has 1 fully saturated rings. The van der Waals surface area contributed by atoms with Gasteiger partial charge in [0.25, 0.3) is 0 Å². The van der Waals surface area contributed by atoms with Gasteiger partial charge in [-0.25, -0.2) is 0 Å². The monoisotopic (exact) mass is 333 g/mol. The number of hydrogen-bond acceptors (Lipinski definition) is 3. The fourth-order valence-electron chi connectivity index (χ4n) is 2.52. The van der Waals surface area contributed by atoms with Crippen LogP contribution in [0.25, 0.3) is 0 Å². The van der Waals surface area contributed by atoms with Crippen molar-refractivity contribution in [2.24, 2.45) is 0 Å². The highest BCUT2D eigenvalue weighted by molar-refractivity contribution is 5.85. The summed E-state index contributed by atoms with van der Waals surface area (Å²) in [6.45, 7) is 3.26. The van der Waals surface area contributed by atoms with Crippen LogP contribution in [0.2, 0.25) is 0 Å². The number of halogens is 2. The van der Waals surface area contributed by atoms with Crippen LogP contribution in [0.3, 0.4) is 0 Å². The molecule has 2 rings (SSSR count). The molecule has 21 heavy (non-hydrogen) atoms. The second-order valence-electron chi connectivity index (χ2n) is 5.54. The van der Waals surface area contributed by atoms with Crippen LogP contribution in [0, 0.1) is 0 Å². The van der Waals surface area contributed by atoms with Crippen molar-refractivity contribution in [2.75, 3.05) is 19.3 Å². The van der Waals surface area contributed by atoms with Crippen molar-refractivity contribution >= 4 is 36.4 Å². The van der Waals surface area contributed by atoms with Crippen LogP contribution < -0.4 is 11.1 Å². The van der Waals surface area contributed by atoms with Gasteiger partial charge in [-0.05, 0) is 44.5 Å². The number of carbonyl (C=O) groups is 1. The van der Waals surface area contributed by atoms with E-state index in [0.717, 1.165) is 30.6 Å². The van der Waals surface area contributed by atoms with Crippen molar-refractivity contribution in [3.05, 3.63) is 29.8 Å². The lowest BCUT2D eigenvalue weighted by molar-refractivity contribution is -0.121. The number of hydrogen-bond donors (Lipinski definition) is 2. The number of benzene rings is 1. The molecule has 3 N–H and O–H groups in total. The summed E-state index contributed by atoms with van der Waals surface area (Å²) in [6.07, 6.45) is 2.50. The Labute approximate surface area is 139 Å². The lowest BCUT2D eigenvalue weighted by Crippen LogP contribution is -2.47. The van der Waals surface area contributed by atoms with E-state index in [1.165, 1.54) is 0 Å². The minimum absolute atomic E-state index is 0. The number of carbonyl (C=O) groups excluding carboxylic acids is 1. The lowest BCUT2D eigenvalue weighted by Gasteiger charge is -2.35. The quantitative estimate of drug-likeness (QED) is 0.834. The summed E-state index contributed by atoms with van der Waals surface area (Å²) in [5, 5.41) is 3.14. The van der Waals surface area contributed by atoms with Crippen molar-refractivity contribution in [3.63, 3.8) is 0 Å². The van der Waals surface area contributed by atoms with Gasteiger partial charge in [-0.3, -0.25) is 4.79 Å². The number of likely N-dealkylation sites (tertiary alicyclic amines) is 1. The van der Waals surface area contributed by atoms with E-state index < -0.39 is 0 Å². The van der Waals surface area contributed by atoms with Gasteiger partial charge in [-0.1, -0.05) is 12.1 Å². The molecule has 1 saturated heterocycles. The molecule has 2 atom stereocenters. The van der Waals surface area contributed by atoms with E-state index in [2.05, 4.69) is 24.2 Å². The van der Waals surface area contributed by atoms with Crippen molar-refractivity contribution < 1.29 is 4.79 Å². The third-order valence-corrected chi connectivity index (χ3v) is 3.92. The summed E-state index contributed by atoms with van der Waals surface area (Å²) >= 11 is 0. The fourth-order valence-corrected chi connectivity index (χ4v) is 2.52. The molecule has 1 heterocycles. The standard InChI is InChI=1S/C15H23N3O.2ClH/c1-11-9-14(7-8-18(11)2)17-15(19)10-12-3-5-13(16)6-4-12;;/h3-6,11,14H,7-10,16H2,1-2H3,(H,17,19);2*1H. The van der Waals surface area contributed by atoms with E-state index in [4.69, 9.17) is 5.73 Å². The maximum atomic E-state index is 12.0. The van der Waals surface area contributed by atoms with E-state index in [1.54, 1.807) is 0 Å². The van der Waals surface area contributed by atoms with Crippen LogP contribution in [-0.2, 0) is 11.2 Å². The molecule has 120 valence electrons. The first kappa shape index (κ1) is 20.0. The Morgan fingerprint density at radius 3 is 2.52 bits per heavy atom. The number of piperidine rings is 1. The average molecular weight is 334 g/mol. The van der Waals surface area contributed by atoms with Gasteiger partial charge in [-0.2, -0.15) is 0 Å².